The number of hydrogen-bond acceptors (Lipinski definition) is 4. The largest absolute Gasteiger partial charge is 0.368 e. The molecule has 0 saturated heterocycles. The second kappa shape index (κ2) is 2.37. The number of H-pyrrole nitrogens is 1. The van der Waals surface area contributed by atoms with Crippen molar-refractivity contribution in [2.75, 3.05) is 5.73 Å². The second-order valence-electron chi connectivity index (χ2n) is 2.54. The summed E-state index contributed by atoms with van der Waals surface area (Å²) < 4.78 is 4.72. The predicted molar refractivity (Wildman–Crippen MR) is 43.2 cm³/mol. The standard InChI is InChI=1S/C7H8N4O/c1-4-3-9-10-7(4)5-2-6(8)12-11-5/h2-3H,8H2,1H3,(H,9,10). The highest BCUT2D eigenvalue weighted by Crippen LogP contribution is 2.20. The molecule has 2 rings (SSSR count). The van der Waals surface area contributed by atoms with E-state index >= 15 is 0 Å². The van der Waals surface area contributed by atoms with Crippen molar-refractivity contribution in [3.63, 3.8) is 0 Å². The predicted octanol–water partition coefficient (Wildman–Crippen LogP) is 0.955. The fourth-order valence-electron chi connectivity index (χ4n) is 1.01. The zero-order valence-electron chi connectivity index (χ0n) is 6.53. The van der Waals surface area contributed by atoms with E-state index in [4.69, 9.17) is 10.3 Å². The zero-order chi connectivity index (χ0) is 8.55. The van der Waals surface area contributed by atoms with Crippen molar-refractivity contribution in [2.45, 2.75) is 6.92 Å². The summed E-state index contributed by atoms with van der Waals surface area (Å²) in [7, 11) is 0. The normalized spacial score (nSPS) is 10.4. The van der Waals surface area contributed by atoms with Gasteiger partial charge in [0.2, 0.25) is 5.88 Å². The van der Waals surface area contributed by atoms with Crippen LogP contribution in [-0.2, 0) is 0 Å². The van der Waals surface area contributed by atoms with Gasteiger partial charge in [-0.2, -0.15) is 5.10 Å². The lowest BCUT2D eigenvalue weighted by molar-refractivity contribution is 0.439. The molecule has 0 bridgehead atoms. The fourth-order valence-corrected chi connectivity index (χ4v) is 1.01. The van der Waals surface area contributed by atoms with Gasteiger partial charge in [-0.05, 0) is 12.5 Å². The van der Waals surface area contributed by atoms with Crippen LogP contribution >= 0.6 is 0 Å². The van der Waals surface area contributed by atoms with E-state index in [1.165, 1.54) is 0 Å². The third-order valence-electron chi connectivity index (χ3n) is 1.61. The monoisotopic (exact) mass is 164 g/mol. The molecule has 0 aliphatic rings. The van der Waals surface area contributed by atoms with Gasteiger partial charge in [0, 0.05) is 6.07 Å². The molecule has 2 aromatic rings. The number of nitrogens with one attached hydrogen (secondary N) is 1. The lowest BCUT2D eigenvalue weighted by Crippen LogP contribution is -1.79. The molecule has 3 N–H and O–H groups in total. The van der Waals surface area contributed by atoms with Crippen LogP contribution in [0.25, 0.3) is 11.4 Å². The van der Waals surface area contributed by atoms with Gasteiger partial charge in [0.05, 0.1) is 11.9 Å². The van der Waals surface area contributed by atoms with Crippen LogP contribution < -0.4 is 5.73 Å². The molecular formula is C7H8N4O. The Bertz CT molecular complexity index is 390. The maximum Gasteiger partial charge on any atom is 0.222 e. The first-order valence-electron chi connectivity index (χ1n) is 3.50. The highest BCUT2D eigenvalue weighted by Gasteiger charge is 2.07. The van der Waals surface area contributed by atoms with Crippen molar-refractivity contribution in [2.24, 2.45) is 0 Å². The molecular weight excluding hydrogens is 156 g/mol. The van der Waals surface area contributed by atoms with Crippen molar-refractivity contribution >= 4 is 5.88 Å². The number of rotatable bonds is 1. The van der Waals surface area contributed by atoms with Gasteiger partial charge in [0.15, 0.2) is 0 Å². The number of aryl methyl sites for hydroxylation is 1. The minimum Gasteiger partial charge on any atom is -0.368 e. The van der Waals surface area contributed by atoms with E-state index < -0.39 is 0 Å². The van der Waals surface area contributed by atoms with Crippen LogP contribution in [0.2, 0.25) is 0 Å². The summed E-state index contributed by atoms with van der Waals surface area (Å²) in [5.41, 5.74) is 7.91. The number of aromatic amines is 1. The second-order valence-corrected chi connectivity index (χ2v) is 2.54. The van der Waals surface area contributed by atoms with Crippen LogP contribution in [0, 0.1) is 6.92 Å². The van der Waals surface area contributed by atoms with Gasteiger partial charge in [0.1, 0.15) is 5.69 Å². The van der Waals surface area contributed by atoms with Gasteiger partial charge in [0.25, 0.3) is 0 Å². The van der Waals surface area contributed by atoms with E-state index in [1.54, 1.807) is 12.3 Å². The first-order valence-corrected chi connectivity index (χ1v) is 3.50. The highest BCUT2D eigenvalue weighted by atomic mass is 16.5. The Hall–Kier alpha value is -1.78. The molecule has 12 heavy (non-hydrogen) atoms. The van der Waals surface area contributed by atoms with Gasteiger partial charge < -0.3 is 10.3 Å². The van der Waals surface area contributed by atoms with E-state index in [-0.39, 0.29) is 0 Å². The van der Waals surface area contributed by atoms with Crippen LogP contribution in [0.4, 0.5) is 5.88 Å². The lowest BCUT2D eigenvalue weighted by atomic mass is 10.2. The number of hydrogen-bond donors (Lipinski definition) is 2. The van der Waals surface area contributed by atoms with Crippen LogP contribution in [0.5, 0.6) is 0 Å². The van der Waals surface area contributed by atoms with Gasteiger partial charge in [-0.1, -0.05) is 5.16 Å². The van der Waals surface area contributed by atoms with Gasteiger partial charge in [-0.15, -0.1) is 0 Å². The molecule has 0 aromatic carbocycles. The van der Waals surface area contributed by atoms with Crippen LogP contribution in [0.15, 0.2) is 16.8 Å². The van der Waals surface area contributed by atoms with Crippen LogP contribution in [0.1, 0.15) is 5.56 Å². The van der Waals surface area contributed by atoms with E-state index in [0.29, 0.717) is 11.6 Å². The third-order valence-corrected chi connectivity index (χ3v) is 1.61. The average Bonchev–Trinajstić information content (AvgIpc) is 2.58. The molecule has 0 unspecified atom stereocenters. The summed E-state index contributed by atoms with van der Waals surface area (Å²) in [4.78, 5) is 0. The van der Waals surface area contributed by atoms with Crippen LogP contribution in [0.3, 0.4) is 0 Å². The Kier molecular flexibility index (Phi) is 1.36. The highest BCUT2D eigenvalue weighted by molar-refractivity contribution is 5.59. The van der Waals surface area contributed by atoms with Crippen molar-refractivity contribution < 1.29 is 4.52 Å². The lowest BCUT2D eigenvalue weighted by Gasteiger charge is -1.88. The molecule has 5 nitrogen and oxygen atoms in total. The topological polar surface area (TPSA) is 80.7 Å². The van der Waals surface area contributed by atoms with E-state index in [9.17, 15) is 0 Å². The summed E-state index contributed by atoms with van der Waals surface area (Å²) >= 11 is 0. The maximum atomic E-state index is 5.37. The van der Waals surface area contributed by atoms with Crippen molar-refractivity contribution in [1.82, 2.24) is 15.4 Å². The average molecular weight is 164 g/mol. The fraction of sp³-hybridized carbons (Fsp3) is 0.143. The molecule has 5 heteroatoms. The Morgan fingerprint density at radius 2 is 2.42 bits per heavy atom. The SMILES string of the molecule is Cc1cn[nH]c1-c1cc(N)on1. The molecule has 0 aliphatic carbocycles. The summed E-state index contributed by atoms with van der Waals surface area (Å²) in [5, 5.41) is 10.4. The number of aromatic nitrogens is 3. The van der Waals surface area contributed by atoms with Gasteiger partial charge in [-0.3, -0.25) is 5.10 Å². The summed E-state index contributed by atoms with van der Waals surface area (Å²) in [6.45, 7) is 1.93. The van der Waals surface area contributed by atoms with E-state index in [2.05, 4.69) is 15.4 Å². The molecule has 0 radical (unpaired) electrons. The zero-order valence-corrected chi connectivity index (χ0v) is 6.53. The molecule has 62 valence electrons. The number of nitrogens with two attached hydrogens (primary N) is 1. The van der Waals surface area contributed by atoms with Gasteiger partial charge >= 0.3 is 0 Å². The Balaban J connectivity index is 2.50. The van der Waals surface area contributed by atoms with E-state index in [0.717, 1.165) is 11.3 Å². The first kappa shape index (κ1) is 6.90. The Morgan fingerprint density at radius 3 is 2.92 bits per heavy atom. The number of nitrogen functional groups attached to an aromatic ring is 1. The van der Waals surface area contributed by atoms with Crippen LogP contribution in [-0.4, -0.2) is 15.4 Å². The Morgan fingerprint density at radius 1 is 1.58 bits per heavy atom. The summed E-state index contributed by atoms with van der Waals surface area (Å²) in [5.74, 6) is 0.305. The van der Waals surface area contributed by atoms with Crippen molar-refractivity contribution in [3.05, 3.63) is 17.8 Å². The Labute approximate surface area is 68.6 Å². The third kappa shape index (κ3) is 0.952. The molecule has 0 fully saturated rings. The van der Waals surface area contributed by atoms with E-state index in [1.807, 2.05) is 6.92 Å². The van der Waals surface area contributed by atoms with Crippen molar-refractivity contribution in [1.29, 1.82) is 0 Å². The summed E-state index contributed by atoms with van der Waals surface area (Å²) in [6.07, 6.45) is 1.72. The number of nitrogens with zero attached hydrogens (tertiary/aromatic N) is 2. The molecule has 0 spiro atoms. The molecule has 2 heterocycles. The summed E-state index contributed by atoms with van der Waals surface area (Å²) in [6, 6.07) is 1.65. The quantitative estimate of drug-likeness (QED) is 0.657. The minimum atomic E-state index is 0.305. The molecule has 2 aromatic heterocycles. The first-order chi connectivity index (χ1) is 5.77. The molecule has 0 saturated carbocycles. The number of anilines is 1. The van der Waals surface area contributed by atoms with Gasteiger partial charge in [-0.25, -0.2) is 0 Å². The minimum absolute atomic E-state index is 0.305. The molecule has 0 atom stereocenters. The smallest absolute Gasteiger partial charge is 0.222 e. The maximum absolute atomic E-state index is 5.37. The molecule has 0 aliphatic heterocycles. The van der Waals surface area contributed by atoms with Crippen molar-refractivity contribution in [3.8, 4) is 11.4 Å². The molecule has 0 amide bonds.